The normalized spacial score (nSPS) is 13.5. The number of aliphatic carboxylic acids is 1. The molecule has 2 aromatic carbocycles. The summed E-state index contributed by atoms with van der Waals surface area (Å²) < 4.78 is 84.3. The number of nitrogens with zero attached hydrogens (tertiary/aromatic N) is 4. The number of urea groups is 1. The zero-order chi connectivity index (χ0) is 32.5. The van der Waals surface area contributed by atoms with E-state index >= 15 is 0 Å². The second kappa shape index (κ2) is 14.7. The van der Waals surface area contributed by atoms with Crippen LogP contribution in [0, 0.1) is 5.82 Å². The standard InChI is InChI=1S/C25H27F4N7O.C2HF3O2/c1-35(22-10-11-30-23(34-22)31-12-15-36-13-2-3-14-36)19-7-5-18(6-8-19)32-24(37)33-21-16-17(25(27,28)29)4-9-20(21)26;3-2(4,5)1(6)7/h4-11,16H,2-3,12-15H2,1H3,(H,30,31,34)(H2,32,33,37);(H,6,7). The summed E-state index contributed by atoms with van der Waals surface area (Å²) in [5.41, 5.74) is -0.492. The van der Waals surface area contributed by atoms with Gasteiger partial charge in [0, 0.05) is 37.7 Å². The van der Waals surface area contributed by atoms with Crippen LogP contribution in [0.3, 0.4) is 0 Å². The quantitative estimate of drug-likeness (QED) is 0.217. The highest BCUT2D eigenvalue weighted by Crippen LogP contribution is 2.32. The first-order chi connectivity index (χ1) is 20.6. The maximum atomic E-state index is 13.9. The molecule has 44 heavy (non-hydrogen) atoms. The number of amides is 2. The summed E-state index contributed by atoms with van der Waals surface area (Å²) >= 11 is 0. The molecular formula is C27H28F7N7O3. The van der Waals surface area contributed by atoms with Gasteiger partial charge in [-0.3, -0.25) is 0 Å². The van der Waals surface area contributed by atoms with Gasteiger partial charge in [-0.05, 0) is 74.5 Å². The molecule has 1 aromatic heterocycles. The Morgan fingerprint density at radius 2 is 1.61 bits per heavy atom. The zero-order valence-corrected chi connectivity index (χ0v) is 23.1. The largest absolute Gasteiger partial charge is 0.490 e. The van der Waals surface area contributed by atoms with E-state index in [0.717, 1.165) is 31.9 Å². The maximum absolute atomic E-state index is 13.9. The van der Waals surface area contributed by atoms with Crippen LogP contribution in [0.4, 0.5) is 64.4 Å². The van der Waals surface area contributed by atoms with Gasteiger partial charge in [-0.1, -0.05) is 0 Å². The first-order valence-electron chi connectivity index (χ1n) is 13.0. The molecule has 17 heteroatoms. The molecule has 2 heterocycles. The number of aromatic nitrogens is 2. The van der Waals surface area contributed by atoms with Crippen molar-refractivity contribution in [2.45, 2.75) is 25.2 Å². The zero-order valence-electron chi connectivity index (χ0n) is 23.1. The highest BCUT2D eigenvalue weighted by molar-refractivity contribution is 6.00. The number of alkyl halides is 6. The van der Waals surface area contributed by atoms with Crippen LogP contribution in [0.5, 0.6) is 0 Å². The highest BCUT2D eigenvalue weighted by Gasteiger charge is 2.38. The van der Waals surface area contributed by atoms with Crippen molar-refractivity contribution in [3.05, 3.63) is 66.1 Å². The Morgan fingerprint density at radius 3 is 2.20 bits per heavy atom. The fraction of sp³-hybridized carbons (Fsp3) is 0.333. The van der Waals surface area contributed by atoms with Crippen molar-refractivity contribution >= 4 is 40.8 Å². The number of carboxylic acids is 1. The molecule has 4 N–H and O–H groups in total. The van der Waals surface area contributed by atoms with Gasteiger partial charge in [0.2, 0.25) is 5.95 Å². The molecule has 1 aliphatic heterocycles. The van der Waals surface area contributed by atoms with E-state index < -0.39 is 41.4 Å². The van der Waals surface area contributed by atoms with Crippen molar-refractivity contribution in [2.24, 2.45) is 0 Å². The van der Waals surface area contributed by atoms with Crippen molar-refractivity contribution in [1.29, 1.82) is 0 Å². The molecule has 0 bridgehead atoms. The minimum atomic E-state index is -5.08. The predicted molar refractivity (Wildman–Crippen MR) is 148 cm³/mol. The molecule has 0 atom stereocenters. The lowest BCUT2D eigenvalue weighted by atomic mass is 10.2. The fourth-order valence-corrected chi connectivity index (χ4v) is 3.94. The molecule has 0 spiro atoms. The number of hydrogen-bond donors (Lipinski definition) is 4. The SMILES string of the molecule is CN(c1ccc(NC(=O)Nc2cc(C(F)(F)F)ccc2F)cc1)c1ccnc(NCCN2CCCC2)n1.O=C(O)C(F)(F)F. The summed E-state index contributed by atoms with van der Waals surface area (Å²) in [5.74, 6) is -2.54. The maximum Gasteiger partial charge on any atom is 0.490 e. The summed E-state index contributed by atoms with van der Waals surface area (Å²) in [7, 11) is 1.84. The van der Waals surface area contributed by atoms with Crippen LogP contribution in [-0.4, -0.2) is 71.4 Å². The molecule has 1 saturated heterocycles. The number of carbonyl (C=O) groups is 2. The molecule has 0 radical (unpaired) electrons. The van der Waals surface area contributed by atoms with E-state index in [0.29, 0.717) is 35.7 Å². The molecule has 3 aromatic rings. The lowest BCUT2D eigenvalue weighted by Gasteiger charge is -2.20. The van der Waals surface area contributed by atoms with Crippen LogP contribution in [0.15, 0.2) is 54.7 Å². The first-order valence-corrected chi connectivity index (χ1v) is 13.0. The topological polar surface area (TPSA) is 123 Å². The third-order valence-electron chi connectivity index (χ3n) is 6.19. The molecule has 4 rings (SSSR count). The van der Waals surface area contributed by atoms with E-state index in [-0.39, 0.29) is 0 Å². The lowest BCUT2D eigenvalue weighted by Crippen LogP contribution is -2.26. The van der Waals surface area contributed by atoms with Crippen LogP contribution in [-0.2, 0) is 11.0 Å². The minimum absolute atomic E-state index is 0.369. The average molecular weight is 632 g/mol. The van der Waals surface area contributed by atoms with Gasteiger partial charge in [-0.15, -0.1) is 0 Å². The van der Waals surface area contributed by atoms with Crippen LogP contribution >= 0.6 is 0 Å². The van der Waals surface area contributed by atoms with Crippen molar-refractivity contribution in [3.8, 4) is 0 Å². The second-order valence-electron chi connectivity index (χ2n) is 9.39. The Labute approximate surface area is 246 Å². The molecule has 1 fully saturated rings. The summed E-state index contributed by atoms with van der Waals surface area (Å²) in [4.78, 5) is 34.2. The van der Waals surface area contributed by atoms with Crippen LogP contribution in [0.1, 0.15) is 18.4 Å². The smallest absolute Gasteiger partial charge is 0.475 e. The number of rotatable bonds is 8. The third kappa shape index (κ3) is 10.3. The molecular weight excluding hydrogens is 603 g/mol. The van der Waals surface area contributed by atoms with Crippen molar-refractivity contribution in [2.75, 3.05) is 54.1 Å². The van der Waals surface area contributed by atoms with Gasteiger partial charge in [-0.2, -0.15) is 31.3 Å². The second-order valence-corrected chi connectivity index (χ2v) is 9.39. The van der Waals surface area contributed by atoms with Gasteiger partial charge in [0.1, 0.15) is 11.6 Å². The molecule has 2 amide bonds. The number of halogens is 7. The summed E-state index contributed by atoms with van der Waals surface area (Å²) in [6, 6.07) is 9.42. The van der Waals surface area contributed by atoms with Gasteiger partial charge in [0.25, 0.3) is 0 Å². The van der Waals surface area contributed by atoms with Gasteiger partial charge in [0.05, 0.1) is 11.3 Å². The Balaban J connectivity index is 0.000000676. The number of hydrogen-bond acceptors (Lipinski definition) is 7. The monoisotopic (exact) mass is 631 g/mol. The van der Waals surface area contributed by atoms with Crippen molar-refractivity contribution in [3.63, 3.8) is 0 Å². The number of carbonyl (C=O) groups excluding carboxylic acids is 1. The molecule has 0 unspecified atom stereocenters. The fourth-order valence-electron chi connectivity index (χ4n) is 3.94. The summed E-state index contributed by atoms with van der Waals surface area (Å²) in [5, 5.41) is 15.0. The van der Waals surface area contributed by atoms with E-state index in [9.17, 15) is 35.5 Å². The van der Waals surface area contributed by atoms with E-state index in [4.69, 9.17) is 9.90 Å². The molecule has 1 aliphatic rings. The molecule has 0 aliphatic carbocycles. The van der Waals surface area contributed by atoms with E-state index in [1.807, 2.05) is 11.9 Å². The van der Waals surface area contributed by atoms with Gasteiger partial charge < -0.3 is 30.9 Å². The van der Waals surface area contributed by atoms with Crippen molar-refractivity contribution in [1.82, 2.24) is 14.9 Å². The van der Waals surface area contributed by atoms with Crippen molar-refractivity contribution < 1.29 is 45.4 Å². The molecule has 238 valence electrons. The average Bonchev–Trinajstić information content (AvgIpc) is 3.47. The van der Waals surface area contributed by atoms with Crippen LogP contribution < -0.4 is 20.9 Å². The number of nitrogens with one attached hydrogen (secondary N) is 3. The number of likely N-dealkylation sites (tertiary alicyclic amines) is 1. The Kier molecular flexibility index (Phi) is 11.3. The van der Waals surface area contributed by atoms with E-state index in [1.54, 1.807) is 36.5 Å². The van der Waals surface area contributed by atoms with Gasteiger partial charge in [-0.25, -0.2) is 19.0 Å². The molecule has 10 nitrogen and oxygen atoms in total. The Hall–Kier alpha value is -4.67. The van der Waals surface area contributed by atoms with Crippen LogP contribution in [0.2, 0.25) is 0 Å². The Morgan fingerprint density at radius 1 is 0.977 bits per heavy atom. The van der Waals surface area contributed by atoms with Crippen LogP contribution in [0.25, 0.3) is 0 Å². The Bertz CT molecular complexity index is 1410. The summed E-state index contributed by atoms with van der Waals surface area (Å²) in [6.07, 6.45) is -5.59. The lowest BCUT2D eigenvalue weighted by molar-refractivity contribution is -0.192. The van der Waals surface area contributed by atoms with Gasteiger partial charge >= 0.3 is 24.4 Å². The number of carboxylic acid groups (broad SMARTS) is 1. The number of anilines is 5. The van der Waals surface area contributed by atoms with Gasteiger partial charge in [0.15, 0.2) is 0 Å². The first kappa shape index (κ1) is 33.8. The van der Waals surface area contributed by atoms with E-state index in [2.05, 4.69) is 30.8 Å². The van der Waals surface area contributed by atoms with E-state index in [1.165, 1.54) is 12.8 Å². The number of benzene rings is 2. The predicted octanol–water partition coefficient (Wildman–Crippen LogP) is 6.19. The third-order valence-corrected chi connectivity index (χ3v) is 6.19. The highest BCUT2D eigenvalue weighted by atomic mass is 19.4. The molecule has 0 saturated carbocycles. The minimum Gasteiger partial charge on any atom is -0.475 e. The summed E-state index contributed by atoms with van der Waals surface area (Å²) in [6.45, 7) is 3.94.